The molecular weight excluding hydrogens is 291 g/mol. The Kier molecular flexibility index (Phi) is 5.38. The van der Waals surface area contributed by atoms with Gasteiger partial charge in [-0.2, -0.15) is 0 Å². The summed E-state index contributed by atoms with van der Waals surface area (Å²) in [5, 5.41) is 13.3. The summed E-state index contributed by atoms with van der Waals surface area (Å²) in [5.41, 5.74) is 0.902. The van der Waals surface area contributed by atoms with Gasteiger partial charge in [-0.25, -0.2) is 5.06 Å². The molecule has 2 rings (SSSR count). The summed E-state index contributed by atoms with van der Waals surface area (Å²) in [6, 6.07) is 0. The van der Waals surface area contributed by atoms with Gasteiger partial charge in [0, 0.05) is 6.66 Å². The molecule has 0 saturated heterocycles. The maximum atomic E-state index is 11.9. The molecule has 3 N–H and O–H groups in total. The van der Waals surface area contributed by atoms with E-state index in [9.17, 15) is 19.5 Å². The van der Waals surface area contributed by atoms with Crippen LogP contribution < -0.4 is 5.32 Å². The fourth-order valence-corrected chi connectivity index (χ4v) is 3.98. The molecule has 0 aliphatic heterocycles. The summed E-state index contributed by atoms with van der Waals surface area (Å²) in [4.78, 5) is 21.6. The average Bonchev–Trinajstić information content (AvgIpc) is 3.23. The molecule has 0 aromatic heterocycles. The van der Waals surface area contributed by atoms with Crippen LogP contribution in [0, 0.1) is 5.92 Å². The number of carbonyl (C=O) groups excluding carboxylic acids is 1. The zero-order valence-corrected chi connectivity index (χ0v) is 13.1. The quantitative estimate of drug-likeness (QED) is 0.378. The van der Waals surface area contributed by atoms with Crippen LogP contribution in [-0.2, 0) is 9.36 Å². The molecule has 0 radical (unpaired) electrons. The monoisotopic (exact) mass is 314 g/mol. The second-order valence-electron chi connectivity index (χ2n) is 5.82. The molecule has 1 saturated carbocycles. The van der Waals surface area contributed by atoms with Crippen LogP contribution in [0.15, 0.2) is 23.8 Å². The third kappa shape index (κ3) is 5.08. The first-order valence-corrected chi connectivity index (χ1v) is 9.43. The first-order valence-electron chi connectivity index (χ1n) is 7.26. The number of hydrogen-bond acceptors (Lipinski definition) is 4. The van der Waals surface area contributed by atoms with Crippen LogP contribution in [0.4, 0.5) is 0 Å². The Morgan fingerprint density at radius 3 is 2.76 bits per heavy atom. The van der Waals surface area contributed by atoms with Gasteiger partial charge in [0.1, 0.15) is 0 Å². The van der Waals surface area contributed by atoms with Gasteiger partial charge in [-0.3, -0.25) is 19.9 Å². The van der Waals surface area contributed by atoms with Crippen molar-refractivity contribution in [3.8, 4) is 0 Å². The molecule has 2 atom stereocenters. The minimum Gasteiger partial charge on any atom is -0.343 e. The summed E-state index contributed by atoms with van der Waals surface area (Å²) in [5.74, 6) is -0.882. The van der Waals surface area contributed by atoms with Gasteiger partial charge in [-0.1, -0.05) is 18.2 Å². The van der Waals surface area contributed by atoms with Crippen LogP contribution in [0.2, 0.25) is 0 Å². The van der Waals surface area contributed by atoms with E-state index in [4.69, 9.17) is 0 Å². The highest BCUT2D eigenvalue weighted by Crippen LogP contribution is 2.51. The fraction of sp³-hybridized carbons (Fsp3) is 0.643. The van der Waals surface area contributed by atoms with E-state index in [1.54, 1.807) is 0 Å². The molecule has 0 aromatic rings. The number of nitrogens with zero attached hydrogens (tertiary/aromatic N) is 1. The number of allylic oxidation sites excluding steroid dienone is 2. The first kappa shape index (κ1) is 16.4. The number of rotatable bonds is 7. The number of amides is 1. The zero-order valence-electron chi connectivity index (χ0n) is 12.2. The lowest BCUT2D eigenvalue weighted by Crippen LogP contribution is -2.41. The van der Waals surface area contributed by atoms with Crippen LogP contribution in [0.3, 0.4) is 0 Å². The molecule has 21 heavy (non-hydrogen) atoms. The highest BCUT2D eigenvalue weighted by molar-refractivity contribution is 7.57. The number of hydrogen-bond donors (Lipinski definition) is 3. The molecular formula is C14H23N2O4P. The van der Waals surface area contributed by atoms with Gasteiger partial charge in [-0.05, 0) is 37.2 Å². The molecule has 0 bridgehead atoms. The van der Waals surface area contributed by atoms with Crippen molar-refractivity contribution in [3.63, 3.8) is 0 Å². The predicted molar refractivity (Wildman–Crippen MR) is 80.2 cm³/mol. The summed E-state index contributed by atoms with van der Waals surface area (Å²) in [6.45, 7) is 1.32. The highest BCUT2D eigenvalue weighted by Gasteiger charge is 2.40. The van der Waals surface area contributed by atoms with Crippen molar-refractivity contribution in [2.45, 2.75) is 31.5 Å². The van der Waals surface area contributed by atoms with Gasteiger partial charge in [0.05, 0.1) is 18.9 Å². The standard InChI is InChI=1S/C14H23N2O4P/c1-21(19,20)14(12-7-8-12)15-9-13(17)16(18)10-11-5-3-2-4-6-11/h3,5-6,12,14-15,18H,2,4,7-10H2,1H3,(H,19,20). The second-order valence-corrected chi connectivity index (χ2v) is 8.26. The number of carbonyl (C=O) groups is 1. The van der Waals surface area contributed by atoms with Gasteiger partial charge in [0.15, 0.2) is 0 Å². The van der Waals surface area contributed by atoms with Crippen LogP contribution in [0.5, 0.6) is 0 Å². The molecule has 0 spiro atoms. The summed E-state index contributed by atoms with van der Waals surface area (Å²) in [7, 11) is -3.28. The van der Waals surface area contributed by atoms with Crippen molar-refractivity contribution in [1.82, 2.24) is 10.4 Å². The van der Waals surface area contributed by atoms with Gasteiger partial charge < -0.3 is 4.89 Å². The SMILES string of the molecule is CP(=O)(O)C(NCC(=O)N(O)CC1=CCCC=C1)C1CC1. The first-order chi connectivity index (χ1) is 9.88. The molecule has 1 fully saturated rings. The van der Waals surface area contributed by atoms with Crippen LogP contribution in [-0.4, -0.2) is 46.6 Å². The lowest BCUT2D eigenvalue weighted by molar-refractivity contribution is -0.162. The summed E-state index contributed by atoms with van der Waals surface area (Å²) < 4.78 is 11.8. The fourth-order valence-electron chi connectivity index (χ4n) is 2.47. The van der Waals surface area contributed by atoms with Gasteiger partial charge >= 0.3 is 0 Å². The average molecular weight is 314 g/mol. The molecule has 2 unspecified atom stereocenters. The Morgan fingerprint density at radius 1 is 1.52 bits per heavy atom. The molecule has 6 nitrogen and oxygen atoms in total. The van der Waals surface area contributed by atoms with Crippen molar-refractivity contribution in [1.29, 1.82) is 0 Å². The van der Waals surface area contributed by atoms with E-state index in [2.05, 4.69) is 5.32 Å². The highest BCUT2D eigenvalue weighted by atomic mass is 31.2. The molecule has 1 amide bonds. The number of hydroxylamine groups is 2. The van der Waals surface area contributed by atoms with E-state index < -0.39 is 19.1 Å². The molecule has 7 heteroatoms. The smallest absolute Gasteiger partial charge is 0.260 e. The zero-order chi connectivity index (χ0) is 15.5. The Labute approximate surface area is 124 Å². The van der Waals surface area contributed by atoms with Crippen molar-refractivity contribution >= 4 is 13.3 Å². The molecule has 2 aliphatic carbocycles. The Bertz CT molecular complexity index is 493. The minimum absolute atomic E-state index is 0.132. The van der Waals surface area contributed by atoms with E-state index in [1.165, 1.54) is 6.66 Å². The lowest BCUT2D eigenvalue weighted by atomic mass is 10.1. The van der Waals surface area contributed by atoms with Gasteiger partial charge in [0.25, 0.3) is 5.91 Å². The van der Waals surface area contributed by atoms with E-state index in [1.807, 2.05) is 18.2 Å². The van der Waals surface area contributed by atoms with Crippen molar-refractivity contribution in [2.75, 3.05) is 19.8 Å². The predicted octanol–water partition coefficient (Wildman–Crippen LogP) is 1.71. The van der Waals surface area contributed by atoms with E-state index in [-0.39, 0.29) is 19.0 Å². The molecule has 0 heterocycles. The third-order valence-corrected chi connectivity index (χ3v) is 5.38. The van der Waals surface area contributed by atoms with Crippen LogP contribution >= 0.6 is 7.37 Å². The third-order valence-electron chi connectivity index (χ3n) is 3.74. The molecule has 118 valence electrons. The summed E-state index contributed by atoms with van der Waals surface area (Å²) in [6.07, 6.45) is 9.61. The van der Waals surface area contributed by atoms with Crippen LogP contribution in [0.1, 0.15) is 25.7 Å². The van der Waals surface area contributed by atoms with Crippen LogP contribution in [0.25, 0.3) is 0 Å². The normalized spacial score (nSPS) is 22.3. The maximum Gasteiger partial charge on any atom is 0.260 e. The van der Waals surface area contributed by atoms with Crippen molar-refractivity contribution in [2.24, 2.45) is 5.92 Å². The molecule has 2 aliphatic rings. The largest absolute Gasteiger partial charge is 0.343 e. The lowest BCUT2D eigenvalue weighted by Gasteiger charge is -2.22. The Balaban J connectivity index is 1.81. The van der Waals surface area contributed by atoms with Crippen molar-refractivity contribution < 1.29 is 19.5 Å². The maximum absolute atomic E-state index is 11.9. The Hall–Kier alpha value is -0.940. The topological polar surface area (TPSA) is 89.9 Å². The van der Waals surface area contributed by atoms with Crippen molar-refractivity contribution in [3.05, 3.63) is 23.8 Å². The number of nitrogens with one attached hydrogen (secondary N) is 1. The van der Waals surface area contributed by atoms with Gasteiger partial charge in [-0.15, -0.1) is 0 Å². The summed E-state index contributed by atoms with van der Waals surface area (Å²) >= 11 is 0. The van der Waals surface area contributed by atoms with E-state index in [0.717, 1.165) is 31.3 Å². The Morgan fingerprint density at radius 2 is 2.24 bits per heavy atom. The van der Waals surface area contributed by atoms with E-state index >= 15 is 0 Å². The van der Waals surface area contributed by atoms with Gasteiger partial charge in [0.2, 0.25) is 7.37 Å². The second kappa shape index (κ2) is 6.88. The molecule has 0 aromatic carbocycles. The van der Waals surface area contributed by atoms with E-state index in [0.29, 0.717) is 5.06 Å². The minimum atomic E-state index is -3.28.